The van der Waals surface area contributed by atoms with Gasteiger partial charge < -0.3 is 5.32 Å². The van der Waals surface area contributed by atoms with Gasteiger partial charge in [-0.3, -0.25) is 4.79 Å². The molecule has 0 atom stereocenters. The molecule has 0 aliphatic rings. The molecule has 0 spiro atoms. The average Bonchev–Trinajstić information content (AvgIpc) is 2.41. The van der Waals surface area contributed by atoms with E-state index >= 15 is 0 Å². The minimum atomic E-state index is -3.13. The van der Waals surface area contributed by atoms with Crippen molar-refractivity contribution in [2.24, 2.45) is 0 Å². The van der Waals surface area contributed by atoms with Gasteiger partial charge in [0.05, 0.1) is 11.4 Å². The molecule has 0 aliphatic heterocycles. The summed E-state index contributed by atoms with van der Waals surface area (Å²) in [5, 5.41) is 2.67. The van der Waals surface area contributed by atoms with Crippen LogP contribution in [0.1, 0.15) is 15.9 Å². The average molecular weight is 342 g/mol. The van der Waals surface area contributed by atoms with Crippen molar-refractivity contribution in [3.63, 3.8) is 0 Å². The highest BCUT2D eigenvalue weighted by molar-refractivity contribution is 7.89. The first-order valence-corrected chi connectivity index (χ1v) is 8.71. The van der Waals surface area contributed by atoms with E-state index in [0.717, 1.165) is 12.3 Å². The summed E-state index contributed by atoms with van der Waals surface area (Å²) in [4.78, 5) is 12.0. The molecular weight excluding hydrogens is 329 g/mol. The maximum atomic E-state index is 13.6. The van der Waals surface area contributed by atoms with Gasteiger partial charge in [-0.15, -0.1) is 0 Å². The standard InChI is InChI=1S/C15H13ClFNO3S/c1-22(20,21)9-10-2-4-11(5-3-10)15(19)18-14-7-6-12(16)8-13(14)17/h2-8H,9H2,1H3,(H,18,19). The largest absolute Gasteiger partial charge is 0.319 e. The molecule has 0 unspecified atom stereocenters. The molecule has 1 N–H and O–H groups in total. The van der Waals surface area contributed by atoms with Crippen LogP contribution in [0.2, 0.25) is 5.02 Å². The molecule has 2 aromatic carbocycles. The summed E-state index contributed by atoms with van der Waals surface area (Å²) >= 11 is 5.64. The zero-order chi connectivity index (χ0) is 16.3. The predicted octanol–water partition coefficient (Wildman–Crippen LogP) is 3.28. The smallest absolute Gasteiger partial charge is 0.255 e. The van der Waals surface area contributed by atoms with Gasteiger partial charge in [-0.25, -0.2) is 12.8 Å². The van der Waals surface area contributed by atoms with Crippen molar-refractivity contribution in [2.45, 2.75) is 5.75 Å². The molecule has 0 fully saturated rings. The molecule has 0 radical (unpaired) electrons. The summed E-state index contributed by atoms with van der Waals surface area (Å²) in [6, 6.07) is 10.0. The monoisotopic (exact) mass is 341 g/mol. The first-order valence-electron chi connectivity index (χ1n) is 6.28. The number of nitrogens with one attached hydrogen (secondary N) is 1. The maximum Gasteiger partial charge on any atom is 0.255 e. The summed E-state index contributed by atoms with van der Waals surface area (Å²) in [5.41, 5.74) is 0.901. The minimum Gasteiger partial charge on any atom is -0.319 e. The molecule has 0 aromatic heterocycles. The maximum absolute atomic E-state index is 13.6. The van der Waals surface area contributed by atoms with Crippen molar-refractivity contribution < 1.29 is 17.6 Å². The second-order valence-corrected chi connectivity index (χ2v) is 7.42. The Morgan fingerprint density at radius 3 is 2.36 bits per heavy atom. The van der Waals surface area contributed by atoms with Crippen LogP contribution in [0.5, 0.6) is 0 Å². The van der Waals surface area contributed by atoms with E-state index in [4.69, 9.17) is 11.6 Å². The van der Waals surface area contributed by atoms with Crippen LogP contribution in [0, 0.1) is 5.82 Å². The Labute approximate surface area is 132 Å². The highest BCUT2D eigenvalue weighted by Gasteiger charge is 2.11. The van der Waals surface area contributed by atoms with Crippen LogP contribution < -0.4 is 5.32 Å². The molecule has 1 amide bonds. The zero-order valence-electron chi connectivity index (χ0n) is 11.6. The summed E-state index contributed by atoms with van der Waals surface area (Å²) < 4.78 is 36.0. The van der Waals surface area contributed by atoms with Crippen molar-refractivity contribution in [3.8, 4) is 0 Å². The Balaban J connectivity index is 2.13. The second kappa shape index (κ2) is 6.46. The number of rotatable bonds is 4. The van der Waals surface area contributed by atoms with Crippen molar-refractivity contribution in [1.82, 2.24) is 0 Å². The topological polar surface area (TPSA) is 63.2 Å². The number of benzene rings is 2. The minimum absolute atomic E-state index is 0.0228. The van der Waals surface area contributed by atoms with Crippen molar-refractivity contribution in [2.75, 3.05) is 11.6 Å². The number of anilines is 1. The molecule has 0 heterocycles. The fourth-order valence-electron chi connectivity index (χ4n) is 1.84. The van der Waals surface area contributed by atoms with E-state index < -0.39 is 21.6 Å². The third-order valence-electron chi connectivity index (χ3n) is 2.82. The van der Waals surface area contributed by atoms with Crippen molar-refractivity contribution >= 4 is 33.0 Å². The van der Waals surface area contributed by atoms with Gasteiger partial charge in [-0.05, 0) is 35.9 Å². The molecule has 2 aromatic rings. The third kappa shape index (κ3) is 4.54. The van der Waals surface area contributed by atoms with Crippen molar-refractivity contribution in [3.05, 3.63) is 64.4 Å². The van der Waals surface area contributed by atoms with Crippen LogP contribution in [0.3, 0.4) is 0 Å². The lowest BCUT2D eigenvalue weighted by atomic mass is 10.1. The molecule has 116 valence electrons. The highest BCUT2D eigenvalue weighted by Crippen LogP contribution is 2.19. The molecule has 4 nitrogen and oxygen atoms in total. The van der Waals surface area contributed by atoms with Crippen LogP contribution in [0.4, 0.5) is 10.1 Å². The van der Waals surface area contributed by atoms with E-state index in [9.17, 15) is 17.6 Å². The molecule has 0 saturated carbocycles. The third-order valence-corrected chi connectivity index (χ3v) is 3.92. The van der Waals surface area contributed by atoms with Gasteiger partial charge in [0.2, 0.25) is 0 Å². The van der Waals surface area contributed by atoms with Crippen LogP contribution in [-0.2, 0) is 15.6 Å². The molecule has 0 saturated heterocycles. The predicted molar refractivity (Wildman–Crippen MR) is 84.4 cm³/mol. The Morgan fingerprint density at radius 2 is 1.82 bits per heavy atom. The van der Waals surface area contributed by atoms with Gasteiger partial charge in [0.15, 0.2) is 9.84 Å². The Bertz CT molecular complexity index is 804. The van der Waals surface area contributed by atoms with Crippen molar-refractivity contribution in [1.29, 1.82) is 0 Å². The van der Waals surface area contributed by atoms with Crippen LogP contribution in [-0.4, -0.2) is 20.6 Å². The number of carbonyl (C=O) groups excluding carboxylic acids is 1. The van der Waals surface area contributed by atoms with Crippen LogP contribution in [0.25, 0.3) is 0 Å². The van der Waals surface area contributed by atoms with Gasteiger partial charge in [0.25, 0.3) is 5.91 Å². The number of hydrogen-bond donors (Lipinski definition) is 1. The lowest BCUT2D eigenvalue weighted by Gasteiger charge is -2.07. The Hall–Kier alpha value is -1.92. The molecular formula is C15H13ClFNO3S. The zero-order valence-corrected chi connectivity index (χ0v) is 13.2. The first kappa shape index (κ1) is 16.5. The van der Waals surface area contributed by atoms with Gasteiger partial charge in [0, 0.05) is 16.8 Å². The van der Waals surface area contributed by atoms with Gasteiger partial charge in [-0.2, -0.15) is 0 Å². The molecule has 22 heavy (non-hydrogen) atoms. The second-order valence-electron chi connectivity index (χ2n) is 4.85. The first-order chi connectivity index (χ1) is 10.2. The highest BCUT2D eigenvalue weighted by atomic mass is 35.5. The Kier molecular flexibility index (Phi) is 4.83. The summed E-state index contributed by atoms with van der Waals surface area (Å²) in [6.07, 6.45) is 1.14. The van der Waals surface area contributed by atoms with E-state index in [2.05, 4.69) is 5.32 Å². The van der Waals surface area contributed by atoms with Crippen LogP contribution in [0.15, 0.2) is 42.5 Å². The number of halogens is 2. The summed E-state index contributed by atoms with van der Waals surface area (Å²) in [5.74, 6) is -1.22. The fourth-order valence-corrected chi connectivity index (χ4v) is 2.80. The molecule has 7 heteroatoms. The van der Waals surface area contributed by atoms with Crippen LogP contribution >= 0.6 is 11.6 Å². The lowest BCUT2D eigenvalue weighted by Crippen LogP contribution is -2.13. The molecule has 2 rings (SSSR count). The van der Waals surface area contributed by atoms with E-state index in [1.165, 1.54) is 24.3 Å². The van der Waals surface area contributed by atoms with E-state index in [1.54, 1.807) is 12.1 Å². The van der Waals surface area contributed by atoms with Gasteiger partial charge in [0.1, 0.15) is 5.82 Å². The van der Waals surface area contributed by atoms with E-state index in [-0.39, 0.29) is 16.5 Å². The number of sulfone groups is 1. The van der Waals surface area contributed by atoms with E-state index in [1.807, 2.05) is 0 Å². The SMILES string of the molecule is CS(=O)(=O)Cc1ccc(C(=O)Nc2ccc(Cl)cc2F)cc1. The fraction of sp³-hybridized carbons (Fsp3) is 0.133. The lowest BCUT2D eigenvalue weighted by molar-refractivity contribution is 0.102. The summed E-state index contributed by atoms with van der Waals surface area (Å²) in [6.45, 7) is 0. The summed E-state index contributed by atoms with van der Waals surface area (Å²) in [7, 11) is -3.13. The Morgan fingerprint density at radius 1 is 1.18 bits per heavy atom. The number of hydrogen-bond acceptors (Lipinski definition) is 3. The van der Waals surface area contributed by atoms with Gasteiger partial charge in [-0.1, -0.05) is 23.7 Å². The van der Waals surface area contributed by atoms with Gasteiger partial charge >= 0.3 is 0 Å². The normalized spacial score (nSPS) is 11.2. The quantitative estimate of drug-likeness (QED) is 0.928. The molecule has 0 aliphatic carbocycles. The number of carbonyl (C=O) groups is 1. The molecule has 0 bridgehead atoms. The number of amides is 1. The van der Waals surface area contributed by atoms with E-state index in [0.29, 0.717) is 11.1 Å².